The number of rotatable bonds is 7. The molecule has 0 aliphatic heterocycles. The maximum atomic E-state index is 12.9. The third-order valence-corrected chi connectivity index (χ3v) is 5.53. The molecular weight excluding hydrogens is 376 g/mol. The standard InChI is InChI=1S/C22H24O7/c1-4-22(27,21(28-2)29-3)10-9-12-11-15(23)16-17(18(12)24)20(26)14-8-6-5-7-13(14)19(16)25/h5-8,11,21,23-24,27H,4,9-10H2,1-3H3. The molecule has 2 aromatic carbocycles. The largest absolute Gasteiger partial charge is 0.507 e. The van der Waals surface area contributed by atoms with Crippen molar-refractivity contribution in [1.29, 1.82) is 0 Å². The molecule has 0 amide bonds. The van der Waals surface area contributed by atoms with Gasteiger partial charge in [0.05, 0.1) is 11.1 Å². The number of aromatic hydroxyl groups is 2. The first kappa shape index (κ1) is 21.0. The lowest BCUT2D eigenvalue weighted by atomic mass is 9.81. The lowest BCUT2D eigenvalue weighted by Gasteiger charge is -2.33. The molecule has 0 saturated carbocycles. The summed E-state index contributed by atoms with van der Waals surface area (Å²) in [4.78, 5) is 25.7. The highest BCUT2D eigenvalue weighted by Gasteiger charge is 2.38. The number of benzene rings is 2. The van der Waals surface area contributed by atoms with Crippen molar-refractivity contribution in [3.8, 4) is 11.5 Å². The number of carbonyl (C=O) groups is 2. The number of methoxy groups -OCH3 is 2. The number of ketones is 2. The van der Waals surface area contributed by atoms with E-state index in [9.17, 15) is 24.9 Å². The summed E-state index contributed by atoms with van der Waals surface area (Å²) < 4.78 is 10.4. The van der Waals surface area contributed by atoms with Gasteiger partial charge in [0.15, 0.2) is 17.9 Å². The second kappa shape index (κ2) is 7.94. The average molecular weight is 400 g/mol. The minimum Gasteiger partial charge on any atom is -0.507 e. The summed E-state index contributed by atoms with van der Waals surface area (Å²) in [6, 6.07) is 7.55. The fourth-order valence-corrected chi connectivity index (χ4v) is 3.85. The second-order valence-corrected chi connectivity index (χ2v) is 7.12. The predicted molar refractivity (Wildman–Crippen MR) is 104 cm³/mol. The van der Waals surface area contributed by atoms with E-state index in [1.165, 1.54) is 32.4 Å². The van der Waals surface area contributed by atoms with E-state index in [0.29, 0.717) is 6.42 Å². The van der Waals surface area contributed by atoms with Crippen molar-refractivity contribution in [2.75, 3.05) is 14.2 Å². The van der Waals surface area contributed by atoms with E-state index in [1.54, 1.807) is 19.1 Å². The molecule has 0 saturated heterocycles. The van der Waals surface area contributed by atoms with Gasteiger partial charge in [0, 0.05) is 25.3 Å². The Bertz CT molecular complexity index is 962. The first-order chi connectivity index (χ1) is 13.8. The van der Waals surface area contributed by atoms with Crippen LogP contribution in [-0.2, 0) is 15.9 Å². The maximum Gasteiger partial charge on any atom is 0.198 e. The Morgan fingerprint density at radius 3 is 2.07 bits per heavy atom. The number of aliphatic hydroxyl groups is 1. The van der Waals surface area contributed by atoms with Gasteiger partial charge in [0.2, 0.25) is 0 Å². The van der Waals surface area contributed by atoms with Crippen LogP contribution >= 0.6 is 0 Å². The minimum atomic E-state index is -1.34. The van der Waals surface area contributed by atoms with Gasteiger partial charge in [0.1, 0.15) is 17.1 Å². The van der Waals surface area contributed by atoms with E-state index >= 15 is 0 Å². The van der Waals surface area contributed by atoms with Crippen molar-refractivity contribution < 1.29 is 34.4 Å². The highest BCUT2D eigenvalue weighted by molar-refractivity contribution is 6.30. The highest BCUT2D eigenvalue weighted by Crippen LogP contribution is 2.41. The van der Waals surface area contributed by atoms with Crippen LogP contribution in [0.5, 0.6) is 11.5 Å². The summed E-state index contributed by atoms with van der Waals surface area (Å²) in [5, 5.41) is 32.1. The molecule has 7 nitrogen and oxygen atoms in total. The highest BCUT2D eigenvalue weighted by atomic mass is 16.7. The number of fused-ring (bicyclic) bond motifs is 2. The minimum absolute atomic E-state index is 0.128. The first-order valence-corrected chi connectivity index (χ1v) is 9.33. The summed E-state index contributed by atoms with van der Waals surface area (Å²) in [5.41, 5.74) is -1.13. The fourth-order valence-electron chi connectivity index (χ4n) is 3.85. The van der Waals surface area contributed by atoms with Crippen molar-refractivity contribution in [2.24, 2.45) is 0 Å². The van der Waals surface area contributed by atoms with Gasteiger partial charge >= 0.3 is 0 Å². The zero-order valence-electron chi connectivity index (χ0n) is 16.6. The van der Waals surface area contributed by atoms with Crippen LogP contribution in [-0.4, -0.2) is 53.0 Å². The summed E-state index contributed by atoms with van der Waals surface area (Å²) >= 11 is 0. The fraction of sp³-hybridized carbons (Fsp3) is 0.364. The Kier molecular flexibility index (Phi) is 5.75. The number of phenolic OH excluding ortho intramolecular Hbond substituents is 2. The SMILES string of the molecule is CCC(O)(CCc1cc(O)c2c(c1O)C(=O)c1ccccc1C2=O)C(OC)OC. The summed E-state index contributed by atoms with van der Waals surface area (Å²) in [6.07, 6.45) is -0.290. The van der Waals surface area contributed by atoms with Gasteiger partial charge < -0.3 is 24.8 Å². The Balaban J connectivity index is 2.01. The van der Waals surface area contributed by atoms with Gasteiger partial charge in [-0.25, -0.2) is 0 Å². The topological polar surface area (TPSA) is 113 Å². The molecule has 0 radical (unpaired) electrons. The Morgan fingerprint density at radius 1 is 1.00 bits per heavy atom. The van der Waals surface area contributed by atoms with Crippen molar-refractivity contribution in [1.82, 2.24) is 0 Å². The molecule has 1 unspecified atom stereocenters. The van der Waals surface area contributed by atoms with Crippen LogP contribution in [0, 0.1) is 0 Å². The molecule has 154 valence electrons. The van der Waals surface area contributed by atoms with Crippen LogP contribution in [0.25, 0.3) is 0 Å². The van der Waals surface area contributed by atoms with Crippen molar-refractivity contribution in [2.45, 2.75) is 38.1 Å². The molecule has 2 aromatic rings. The van der Waals surface area contributed by atoms with E-state index < -0.39 is 23.5 Å². The molecule has 3 rings (SSSR count). The van der Waals surface area contributed by atoms with E-state index in [2.05, 4.69) is 0 Å². The van der Waals surface area contributed by atoms with Crippen LogP contribution < -0.4 is 0 Å². The van der Waals surface area contributed by atoms with Crippen LogP contribution in [0.3, 0.4) is 0 Å². The molecular formula is C22H24O7. The number of ether oxygens (including phenoxy) is 2. The zero-order chi connectivity index (χ0) is 21.3. The number of aryl methyl sites for hydroxylation is 1. The van der Waals surface area contributed by atoms with E-state index in [-0.39, 0.29) is 52.2 Å². The smallest absolute Gasteiger partial charge is 0.198 e. The van der Waals surface area contributed by atoms with Gasteiger partial charge in [0.25, 0.3) is 0 Å². The first-order valence-electron chi connectivity index (χ1n) is 9.33. The lowest BCUT2D eigenvalue weighted by Crippen LogP contribution is -2.44. The summed E-state index contributed by atoms with van der Waals surface area (Å²) in [5.74, 6) is -1.79. The zero-order valence-corrected chi connectivity index (χ0v) is 16.6. The molecule has 1 aliphatic rings. The summed E-state index contributed by atoms with van der Waals surface area (Å²) in [7, 11) is 2.83. The number of phenols is 2. The molecule has 1 atom stereocenters. The number of hydrogen-bond acceptors (Lipinski definition) is 7. The van der Waals surface area contributed by atoms with Crippen LogP contribution in [0.4, 0.5) is 0 Å². The van der Waals surface area contributed by atoms with Crippen molar-refractivity contribution in [3.63, 3.8) is 0 Å². The van der Waals surface area contributed by atoms with Crippen LogP contribution in [0.2, 0.25) is 0 Å². The average Bonchev–Trinajstić information content (AvgIpc) is 2.73. The monoisotopic (exact) mass is 400 g/mol. The molecule has 0 heterocycles. The Hall–Kier alpha value is -2.74. The quantitative estimate of drug-likeness (QED) is 0.413. The van der Waals surface area contributed by atoms with Gasteiger partial charge in [-0.15, -0.1) is 0 Å². The molecule has 0 spiro atoms. The third-order valence-electron chi connectivity index (χ3n) is 5.53. The molecule has 7 heteroatoms. The molecule has 0 aromatic heterocycles. The molecule has 3 N–H and O–H groups in total. The summed E-state index contributed by atoms with van der Waals surface area (Å²) in [6.45, 7) is 1.77. The lowest BCUT2D eigenvalue weighted by molar-refractivity contribution is -0.218. The van der Waals surface area contributed by atoms with Gasteiger partial charge in [-0.1, -0.05) is 31.2 Å². The van der Waals surface area contributed by atoms with E-state index in [4.69, 9.17) is 9.47 Å². The van der Waals surface area contributed by atoms with Crippen LogP contribution in [0.1, 0.15) is 57.2 Å². The molecule has 1 aliphatic carbocycles. The molecule has 29 heavy (non-hydrogen) atoms. The van der Waals surface area contributed by atoms with E-state index in [1.807, 2.05) is 0 Å². The molecule has 0 bridgehead atoms. The van der Waals surface area contributed by atoms with Crippen molar-refractivity contribution in [3.05, 3.63) is 58.1 Å². The van der Waals surface area contributed by atoms with E-state index in [0.717, 1.165) is 0 Å². The van der Waals surface area contributed by atoms with Gasteiger partial charge in [-0.2, -0.15) is 0 Å². The number of hydrogen-bond donors (Lipinski definition) is 3. The maximum absolute atomic E-state index is 12.9. The normalized spacial score (nSPS) is 15.2. The second-order valence-electron chi connectivity index (χ2n) is 7.12. The van der Waals surface area contributed by atoms with Gasteiger partial charge in [-0.05, 0) is 30.9 Å². The predicted octanol–water partition coefficient (Wildman–Crippen LogP) is 2.57. The van der Waals surface area contributed by atoms with Crippen LogP contribution in [0.15, 0.2) is 30.3 Å². The number of carbonyl (C=O) groups excluding carboxylic acids is 2. The van der Waals surface area contributed by atoms with Crippen molar-refractivity contribution >= 4 is 11.6 Å². The van der Waals surface area contributed by atoms with Gasteiger partial charge in [-0.3, -0.25) is 9.59 Å². The molecule has 0 fully saturated rings. The Morgan fingerprint density at radius 2 is 1.55 bits per heavy atom. The Labute approximate surface area is 168 Å². The third kappa shape index (κ3) is 3.42.